The Balaban J connectivity index is 1.89. The standard InChI is InChI=1S/C11H17NO4/c1-10(2,3)16-9(15)12-7-6-4-11(7,5-6)8(13)14/h6-7H,4-5H2,1-3H3,(H,12,15)(H,13,14). The van der Waals surface area contributed by atoms with Gasteiger partial charge in [0.1, 0.15) is 5.60 Å². The van der Waals surface area contributed by atoms with Crippen LogP contribution in [0.4, 0.5) is 4.79 Å². The number of rotatable bonds is 2. The summed E-state index contributed by atoms with van der Waals surface area (Å²) in [5, 5.41) is 11.7. The van der Waals surface area contributed by atoms with Crippen molar-refractivity contribution < 1.29 is 19.4 Å². The molecule has 1 unspecified atom stereocenters. The van der Waals surface area contributed by atoms with Gasteiger partial charge in [-0.1, -0.05) is 0 Å². The lowest BCUT2D eigenvalue weighted by molar-refractivity contribution is -0.197. The predicted octanol–water partition coefficient (Wildman–Crippen LogP) is 1.37. The fourth-order valence-corrected chi connectivity index (χ4v) is 2.49. The smallest absolute Gasteiger partial charge is 0.407 e. The molecule has 5 heteroatoms. The van der Waals surface area contributed by atoms with Crippen LogP contribution in [0.3, 0.4) is 0 Å². The second kappa shape index (κ2) is 3.12. The van der Waals surface area contributed by atoms with E-state index in [1.54, 1.807) is 20.8 Å². The molecule has 1 atom stereocenters. The van der Waals surface area contributed by atoms with Gasteiger partial charge in [-0.15, -0.1) is 0 Å². The van der Waals surface area contributed by atoms with Crippen molar-refractivity contribution in [2.45, 2.75) is 45.3 Å². The van der Waals surface area contributed by atoms with Crippen molar-refractivity contribution in [3.05, 3.63) is 0 Å². The SMILES string of the molecule is CC(C)(C)OC(=O)NC1C2CC1(C(=O)O)C2. The second-order valence-electron chi connectivity index (χ2n) is 5.75. The molecule has 3 aliphatic carbocycles. The number of ether oxygens (including phenoxy) is 1. The van der Waals surface area contributed by atoms with E-state index in [1.165, 1.54) is 0 Å². The van der Waals surface area contributed by atoms with Gasteiger partial charge >= 0.3 is 12.1 Å². The molecule has 0 aliphatic heterocycles. The van der Waals surface area contributed by atoms with Gasteiger partial charge < -0.3 is 15.2 Å². The van der Waals surface area contributed by atoms with Crippen molar-refractivity contribution in [1.29, 1.82) is 0 Å². The van der Waals surface area contributed by atoms with Gasteiger partial charge in [0.05, 0.1) is 11.5 Å². The Bertz CT molecular complexity index is 338. The molecule has 1 amide bonds. The average Bonchev–Trinajstić information content (AvgIpc) is 1.92. The summed E-state index contributed by atoms with van der Waals surface area (Å²) in [7, 11) is 0. The lowest BCUT2D eigenvalue weighted by Gasteiger charge is -2.64. The molecule has 3 rings (SSSR count). The minimum absolute atomic E-state index is 0.236. The highest BCUT2D eigenvalue weighted by molar-refractivity contribution is 5.82. The molecule has 3 saturated carbocycles. The number of carboxylic acid groups (broad SMARTS) is 1. The molecule has 0 aromatic rings. The van der Waals surface area contributed by atoms with Crippen molar-refractivity contribution in [2.75, 3.05) is 0 Å². The molecule has 5 nitrogen and oxygen atoms in total. The first-order valence-corrected chi connectivity index (χ1v) is 5.47. The number of carboxylic acids is 1. The number of carbonyl (C=O) groups excluding carboxylic acids is 1. The summed E-state index contributed by atoms with van der Waals surface area (Å²) in [5.41, 5.74) is -1.25. The maximum Gasteiger partial charge on any atom is 0.407 e. The molecule has 0 heterocycles. The Morgan fingerprint density at radius 2 is 1.94 bits per heavy atom. The first-order chi connectivity index (χ1) is 7.24. The van der Waals surface area contributed by atoms with E-state index in [2.05, 4.69) is 5.32 Å². The molecule has 0 spiro atoms. The summed E-state index contributed by atoms with van der Waals surface area (Å²) in [6.07, 6.45) is 0.846. The van der Waals surface area contributed by atoms with Gasteiger partial charge in [-0.25, -0.2) is 4.79 Å². The van der Waals surface area contributed by atoms with Crippen molar-refractivity contribution >= 4 is 12.1 Å². The molecule has 0 aromatic carbocycles. The third-order valence-corrected chi connectivity index (χ3v) is 3.42. The average molecular weight is 227 g/mol. The minimum Gasteiger partial charge on any atom is -0.481 e. The number of nitrogens with one attached hydrogen (secondary N) is 1. The summed E-state index contributed by atoms with van der Waals surface area (Å²) in [5.74, 6) is -0.486. The maximum absolute atomic E-state index is 11.5. The molecular formula is C11H17NO4. The highest BCUT2D eigenvalue weighted by Gasteiger charge is 2.70. The summed E-state index contributed by atoms with van der Waals surface area (Å²) in [6, 6.07) is -0.236. The van der Waals surface area contributed by atoms with Crippen LogP contribution in [0.2, 0.25) is 0 Å². The van der Waals surface area contributed by atoms with E-state index < -0.39 is 23.1 Å². The van der Waals surface area contributed by atoms with E-state index in [-0.39, 0.29) is 6.04 Å². The predicted molar refractivity (Wildman–Crippen MR) is 56.0 cm³/mol. The van der Waals surface area contributed by atoms with Gasteiger partial charge in [0.2, 0.25) is 0 Å². The molecule has 2 bridgehead atoms. The van der Waals surface area contributed by atoms with Gasteiger partial charge in [0.25, 0.3) is 0 Å². The van der Waals surface area contributed by atoms with Crippen molar-refractivity contribution in [3.63, 3.8) is 0 Å². The molecule has 0 saturated heterocycles. The lowest BCUT2D eigenvalue weighted by Crippen LogP contribution is -2.75. The van der Waals surface area contributed by atoms with E-state index in [0.717, 1.165) is 0 Å². The summed E-state index contributed by atoms with van der Waals surface area (Å²) in [6.45, 7) is 5.34. The number of hydrogen-bond acceptors (Lipinski definition) is 3. The van der Waals surface area contributed by atoms with Crippen molar-refractivity contribution in [1.82, 2.24) is 5.32 Å². The topological polar surface area (TPSA) is 75.6 Å². The Labute approximate surface area is 94.2 Å². The van der Waals surface area contributed by atoms with Gasteiger partial charge in [-0.2, -0.15) is 0 Å². The molecule has 3 aliphatic rings. The largest absolute Gasteiger partial charge is 0.481 e. The van der Waals surface area contributed by atoms with Crippen molar-refractivity contribution in [2.24, 2.45) is 11.3 Å². The van der Waals surface area contributed by atoms with Crippen LogP contribution in [-0.4, -0.2) is 28.8 Å². The zero-order valence-electron chi connectivity index (χ0n) is 9.74. The number of carbonyl (C=O) groups is 2. The molecule has 0 aromatic heterocycles. The zero-order chi connectivity index (χ0) is 12.1. The molecule has 0 radical (unpaired) electrons. The highest BCUT2D eigenvalue weighted by Crippen LogP contribution is 2.64. The Hall–Kier alpha value is -1.26. The number of hydrogen-bond donors (Lipinski definition) is 2. The van der Waals surface area contributed by atoms with Crippen molar-refractivity contribution in [3.8, 4) is 0 Å². The van der Waals surface area contributed by atoms with Crippen LogP contribution in [-0.2, 0) is 9.53 Å². The molecule has 90 valence electrons. The molecule has 3 fully saturated rings. The normalized spacial score (nSPS) is 35.7. The van der Waals surface area contributed by atoms with E-state index in [0.29, 0.717) is 18.8 Å². The summed E-state index contributed by atoms with van der Waals surface area (Å²) >= 11 is 0. The Morgan fingerprint density at radius 1 is 1.38 bits per heavy atom. The van der Waals surface area contributed by atoms with Gasteiger partial charge in [-0.3, -0.25) is 4.79 Å². The second-order valence-corrected chi connectivity index (χ2v) is 5.75. The Kier molecular flexibility index (Phi) is 2.19. The third-order valence-electron chi connectivity index (χ3n) is 3.42. The fraction of sp³-hybridized carbons (Fsp3) is 0.818. The Morgan fingerprint density at radius 3 is 2.25 bits per heavy atom. The van der Waals surface area contributed by atoms with Crippen LogP contribution < -0.4 is 5.32 Å². The van der Waals surface area contributed by atoms with Crippen LogP contribution in [0.5, 0.6) is 0 Å². The first-order valence-electron chi connectivity index (χ1n) is 5.47. The van der Waals surface area contributed by atoms with Gasteiger partial charge in [0, 0.05) is 0 Å². The molecule has 2 N–H and O–H groups in total. The lowest BCUT2D eigenvalue weighted by atomic mass is 9.41. The van der Waals surface area contributed by atoms with E-state index in [4.69, 9.17) is 9.84 Å². The first kappa shape index (κ1) is 11.2. The monoisotopic (exact) mass is 227 g/mol. The third kappa shape index (κ3) is 1.54. The molecule has 16 heavy (non-hydrogen) atoms. The van der Waals surface area contributed by atoms with Gasteiger partial charge in [-0.05, 0) is 39.5 Å². The molecular weight excluding hydrogens is 210 g/mol. The van der Waals surface area contributed by atoms with E-state index >= 15 is 0 Å². The van der Waals surface area contributed by atoms with E-state index in [1.807, 2.05) is 0 Å². The summed E-state index contributed by atoms with van der Waals surface area (Å²) in [4.78, 5) is 22.5. The number of aliphatic carboxylic acids is 1. The van der Waals surface area contributed by atoms with Crippen LogP contribution in [0.1, 0.15) is 33.6 Å². The van der Waals surface area contributed by atoms with Gasteiger partial charge in [0.15, 0.2) is 0 Å². The maximum atomic E-state index is 11.5. The summed E-state index contributed by atoms with van der Waals surface area (Å²) < 4.78 is 5.09. The van der Waals surface area contributed by atoms with Crippen LogP contribution in [0, 0.1) is 11.3 Å². The minimum atomic E-state index is -0.809. The zero-order valence-corrected chi connectivity index (χ0v) is 9.74. The van der Waals surface area contributed by atoms with E-state index in [9.17, 15) is 9.59 Å². The van der Waals surface area contributed by atoms with Crippen LogP contribution in [0.25, 0.3) is 0 Å². The fourth-order valence-electron chi connectivity index (χ4n) is 2.49. The van der Waals surface area contributed by atoms with Crippen LogP contribution in [0.15, 0.2) is 0 Å². The quantitative estimate of drug-likeness (QED) is 0.747. The number of amides is 1. The van der Waals surface area contributed by atoms with Crippen LogP contribution >= 0.6 is 0 Å². The number of alkyl carbamates (subject to hydrolysis) is 1. The highest BCUT2D eigenvalue weighted by atomic mass is 16.6.